The van der Waals surface area contributed by atoms with Gasteiger partial charge in [0.2, 0.25) is 0 Å². The lowest BCUT2D eigenvalue weighted by atomic mass is 10.2. The summed E-state index contributed by atoms with van der Waals surface area (Å²) in [7, 11) is 1.38. The van der Waals surface area contributed by atoms with E-state index in [0.29, 0.717) is 6.61 Å². The highest BCUT2D eigenvalue weighted by Gasteiger charge is 2.09. The Morgan fingerprint density at radius 3 is 2.41 bits per heavy atom. The van der Waals surface area contributed by atoms with Crippen molar-refractivity contribution in [2.45, 2.75) is 13.0 Å². The SMILES string of the molecule is COC(=O)CCOc1ccc(CN2CCNCC2)cc1.Cl.Cl. The summed E-state index contributed by atoms with van der Waals surface area (Å²) in [5.74, 6) is 0.540. The maximum atomic E-state index is 11.0. The van der Waals surface area contributed by atoms with Crippen molar-refractivity contribution in [1.29, 1.82) is 0 Å². The van der Waals surface area contributed by atoms with E-state index in [1.807, 2.05) is 12.1 Å². The van der Waals surface area contributed by atoms with Gasteiger partial charge in [0.15, 0.2) is 0 Å². The van der Waals surface area contributed by atoms with Crippen molar-refractivity contribution < 1.29 is 14.3 Å². The minimum Gasteiger partial charge on any atom is -0.493 e. The molecule has 1 N–H and O–H groups in total. The lowest BCUT2D eigenvalue weighted by molar-refractivity contribution is -0.141. The predicted octanol–water partition coefficient (Wildman–Crippen LogP) is 1.88. The molecule has 0 atom stereocenters. The quantitative estimate of drug-likeness (QED) is 0.793. The predicted molar refractivity (Wildman–Crippen MR) is 91.2 cm³/mol. The van der Waals surface area contributed by atoms with Gasteiger partial charge in [-0.3, -0.25) is 9.69 Å². The molecule has 7 heteroatoms. The number of carbonyl (C=O) groups is 1. The van der Waals surface area contributed by atoms with Gasteiger partial charge in [0, 0.05) is 32.7 Å². The molecule has 0 unspecified atom stereocenters. The molecule has 1 aromatic rings. The van der Waals surface area contributed by atoms with Crippen LogP contribution in [0, 0.1) is 0 Å². The number of hydrogen-bond acceptors (Lipinski definition) is 5. The fourth-order valence-electron chi connectivity index (χ4n) is 2.17. The first-order valence-corrected chi connectivity index (χ1v) is 6.99. The topological polar surface area (TPSA) is 50.8 Å². The zero-order valence-corrected chi connectivity index (χ0v) is 14.4. The molecule has 0 spiro atoms. The molecular weight excluding hydrogens is 327 g/mol. The van der Waals surface area contributed by atoms with Crippen LogP contribution in [0.1, 0.15) is 12.0 Å². The first-order valence-electron chi connectivity index (χ1n) is 6.99. The van der Waals surface area contributed by atoms with E-state index in [9.17, 15) is 4.79 Å². The van der Waals surface area contributed by atoms with Crippen LogP contribution in [0.5, 0.6) is 5.75 Å². The Kier molecular flexibility index (Phi) is 11.0. The van der Waals surface area contributed by atoms with E-state index in [-0.39, 0.29) is 37.2 Å². The first kappa shape index (κ1) is 21.0. The minimum absolute atomic E-state index is 0. The van der Waals surface area contributed by atoms with Crippen molar-refractivity contribution in [3.8, 4) is 5.75 Å². The van der Waals surface area contributed by atoms with Crippen LogP contribution in [0.15, 0.2) is 24.3 Å². The van der Waals surface area contributed by atoms with Crippen LogP contribution in [0.25, 0.3) is 0 Å². The molecule has 0 radical (unpaired) electrons. The van der Waals surface area contributed by atoms with Crippen LogP contribution in [0.4, 0.5) is 0 Å². The molecule has 5 nitrogen and oxygen atoms in total. The Balaban J connectivity index is 0.00000220. The number of piperazine rings is 1. The largest absolute Gasteiger partial charge is 0.493 e. The molecule has 126 valence electrons. The van der Waals surface area contributed by atoms with Gasteiger partial charge in [0.1, 0.15) is 5.75 Å². The van der Waals surface area contributed by atoms with Gasteiger partial charge < -0.3 is 14.8 Å². The monoisotopic (exact) mass is 350 g/mol. The van der Waals surface area contributed by atoms with Crippen molar-refractivity contribution in [3.05, 3.63) is 29.8 Å². The second-order valence-electron chi connectivity index (χ2n) is 4.84. The Labute approximate surface area is 144 Å². The third kappa shape index (κ3) is 7.31. The van der Waals surface area contributed by atoms with Crippen LogP contribution in [0.3, 0.4) is 0 Å². The van der Waals surface area contributed by atoms with Gasteiger partial charge in [-0.15, -0.1) is 24.8 Å². The minimum atomic E-state index is -0.250. The normalized spacial score (nSPS) is 14.4. The third-order valence-corrected chi connectivity index (χ3v) is 3.34. The van der Waals surface area contributed by atoms with Gasteiger partial charge in [-0.1, -0.05) is 12.1 Å². The Morgan fingerprint density at radius 2 is 1.82 bits per heavy atom. The molecule has 1 aliphatic heterocycles. The summed E-state index contributed by atoms with van der Waals surface area (Å²) in [6.45, 7) is 5.64. The van der Waals surface area contributed by atoms with Crippen molar-refractivity contribution >= 4 is 30.8 Å². The number of methoxy groups -OCH3 is 1. The van der Waals surface area contributed by atoms with Crippen LogP contribution in [-0.4, -0.2) is 50.8 Å². The second-order valence-corrected chi connectivity index (χ2v) is 4.84. The molecule has 1 aromatic carbocycles. The van der Waals surface area contributed by atoms with E-state index in [4.69, 9.17) is 4.74 Å². The number of nitrogens with one attached hydrogen (secondary N) is 1. The molecular formula is C15H24Cl2N2O3. The van der Waals surface area contributed by atoms with Crippen LogP contribution >= 0.6 is 24.8 Å². The van der Waals surface area contributed by atoms with Crippen molar-refractivity contribution in [1.82, 2.24) is 10.2 Å². The van der Waals surface area contributed by atoms with Gasteiger partial charge in [0.25, 0.3) is 0 Å². The van der Waals surface area contributed by atoms with Crippen molar-refractivity contribution in [2.75, 3.05) is 39.9 Å². The highest BCUT2D eigenvalue weighted by atomic mass is 35.5. The maximum Gasteiger partial charge on any atom is 0.308 e. The summed E-state index contributed by atoms with van der Waals surface area (Å²) in [6, 6.07) is 8.06. The summed E-state index contributed by atoms with van der Waals surface area (Å²) in [6.07, 6.45) is 0.277. The van der Waals surface area contributed by atoms with Gasteiger partial charge in [0.05, 0.1) is 20.1 Å². The first-order chi connectivity index (χ1) is 9.78. The van der Waals surface area contributed by atoms with E-state index in [2.05, 4.69) is 27.1 Å². The fourth-order valence-corrected chi connectivity index (χ4v) is 2.17. The third-order valence-electron chi connectivity index (χ3n) is 3.34. The van der Waals surface area contributed by atoms with Gasteiger partial charge in [-0.25, -0.2) is 0 Å². The Morgan fingerprint density at radius 1 is 1.18 bits per heavy atom. The van der Waals surface area contributed by atoms with Crippen LogP contribution in [0.2, 0.25) is 0 Å². The molecule has 1 fully saturated rings. The summed E-state index contributed by atoms with van der Waals surface area (Å²) < 4.78 is 10.1. The highest BCUT2D eigenvalue weighted by molar-refractivity contribution is 5.85. The van der Waals surface area contributed by atoms with E-state index in [1.165, 1.54) is 12.7 Å². The number of nitrogens with zero attached hydrogens (tertiary/aromatic N) is 1. The smallest absolute Gasteiger partial charge is 0.308 e. The molecule has 1 aliphatic rings. The number of hydrogen-bond donors (Lipinski definition) is 1. The van der Waals surface area contributed by atoms with Gasteiger partial charge >= 0.3 is 5.97 Å². The molecule has 0 bridgehead atoms. The van der Waals surface area contributed by atoms with E-state index in [0.717, 1.165) is 38.5 Å². The zero-order chi connectivity index (χ0) is 14.2. The number of carbonyl (C=O) groups excluding carboxylic acids is 1. The summed E-state index contributed by atoms with van der Waals surface area (Å²) in [4.78, 5) is 13.4. The average Bonchev–Trinajstić information content (AvgIpc) is 2.50. The highest BCUT2D eigenvalue weighted by Crippen LogP contribution is 2.14. The lowest BCUT2D eigenvalue weighted by Crippen LogP contribution is -2.42. The summed E-state index contributed by atoms with van der Waals surface area (Å²) in [5, 5.41) is 3.35. The molecule has 0 aromatic heterocycles. The van der Waals surface area contributed by atoms with Crippen LogP contribution in [-0.2, 0) is 16.1 Å². The van der Waals surface area contributed by atoms with Gasteiger partial charge in [-0.2, -0.15) is 0 Å². The van der Waals surface area contributed by atoms with Crippen molar-refractivity contribution in [3.63, 3.8) is 0 Å². The van der Waals surface area contributed by atoms with E-state index >= 15 is 0 Å². The summed E-state index contributed by atoms with van der Waals surface area (Å²) >= 11 is 0. The molecule has 0 amide bonds. The Hall–Kier alpha value is -1.01. The molecule has 2 rings (SSSR count). The van der Waals surface area contributed by atoms with E-state index in [1.54, 1.807) is 0 Å². The number of ether oxygens (including phenoxy) is 2. The lowest BCUT2D eigenvalue weighted by Gasteiger charge is -2.27. The Bertz CT molecular complexity index is 423. The number of rotatable bonds is 6. The van der Waals surface area contributed by atoms with Crippen LogP contribution < -0.4 is 10.1 Å². The summed E-state index contributed by atoms with van der Waals surface area (Å²) in [5.41, 5.74) is 1.28. The number of esters is 1. The molecule has 0 saturated carbocycles. The standard InChI is InChI=1S/C15H22N2O3.2ClH/c1-19-15(18)6-11-20-14-4-2-13(3-5-14)12-17-9-7-16-8-10-17;;/h2-5,16H,6-12H2,1H3;2*1H. The van der Waals surface area contributed by atoms with Crippen molar-refractivity contribution in [2.24, 2.45) is 0 Å². The molecule has 1 heterocycles. The molecule has 0 aliphatic carbocycles. The number of halogens is 2. The average molecular weight is 351 g/mol. The number of benzene rings is 1. The van der Waals surface area contributed by atoms with Gasteiger partial charge in [-0.05, 0) is 17.7 Å². The fraction of sp³-hybridized carbons (Fsp3) is 0.533. The second kappa shape index (κ2) is 11.5. The molecule has 22 heavy (non-hydrogen) atoms. The maximum absolute atomic E-state index is 11.0. The molecule has 1 saturated heterocycles. The van der Waals surface area contributed by atoms with E-state index < -0.39 is 0 Å². The zero-order valence-electron chi connectivity index (χ0n) is 12.7.